The van der Waals surface area contributed by atoms with Gasteiger partial charge in [0.2, 0.25) is 0 Å². The number of aromatic hydroxyl groups is 1. The van der Waals surface area contributed by atoms with Gasteiger partial charge in [0.25, 0.3) is 0 Å². The maximum Gasteiger partial charge on any atom is 0.119 e. The molecule has 0 saturated heterocycles. The number of rotatable bonds is 4. The third-order valence-electron chi connectivity index (χ3n) is 4.11. The van der Waals surface area contributed by atoms with Gasteiger partial charge in [-0.1, -0.05) is 19.1 Å². The molecule has 1 heterocycles. The lowest BCUT2D eigenvalue weighted by molar-refractivity contribution is 0.469. The van der Waals surface area contributed by atoms with E-state index in [0.717, 1.165) is 37.1 Å². The number of phenolic OH excluding ortho intramolecular Hbond substituents is 1. The summed E-state index contributed by atoms with van der Waals surface area (Å²) >= 11 is 0. The van der Waals surface area contributed by atoms with E-state index in [2.05, 4.69) is 29.6 Å². The summed E-state index contributed by atoms with van der Waals surface area (Å²) in [5, 5.41) is 18.0. The Morgan fingerprint density at radius 3 is 3.10 bits per heavy atom. The number of phenols is 1. The van der Waals surface area contributed by atoms with Crippen molar-refractivity contribution < 1.29 is 5.11 Å². The Morgan fingerprint density at radius 1 is 1.45 bits per heavy atom. The number of fused-ring (bicyclic) bond motifs is 1. The van der Waals surface area contributed by atoms with Gasteiger partial charge in [0.15, 0.2) is 0 Å². The van der Waals surface area contributed by atoms with Crippen LogP contribution in [-0.4, -0.2) is 14.9 Å². The van der Waals surface area contributed by atoms with E-state index in [9.17, 15) is 5.11 Å². The van der Waals surface area contributed by atoms with Gasteiger partial charge in [0, 0.05) is 31.4 Å². The number of nitrogens with zero attached hydrogens (tertiary/aromatic N) is 2. The molecule has 0 spiro atoms. The number of hydrogen-bond donors (Lipinski definition) is 2. The molecule has 0 saturated carbocycles. The maximum atomic E-state index is 9.88. The van der Waals surface area contributed by atoms with Crippen molar-refractivity contribution in [2.75, 3.05) is 0 Å². The van der Waals surface area contributed by atoms with Crippen LogP contribution >= 0.6 is 0 Å². The van der Waals surface area contributed by atoms with Gasteiger partial charge in [-0.2, -0.15) is 5.10 Å². The summed E-state index contributed by atoms with van der Waals surface area (Å²) < 4.78 is 1.88. The number of aromatic nitrogens is 2. The van der Waals surface area contributed by atoms with Gasteiger partial charge >= 0.3 is 0 Å². The molecule has 0 aliphatic heterocycles. The van der Waals surface area contributed by atoms with Crippen molar-refractivity contribution in [2.45, 2.75) is 38.8 Å². The monoisotopic (exact) mass is 271 g/mol. The summed E-state index contributed by atoms with van der Waals surface area (Å²) in [4.78, 5) is 0. The molecule has 0 radical (unpaired) electrons. The number of hydrogen-bond acceptors (Lipinski definition) is 3. The molecule has 3 rings (SSSR count). The molecule has 106 valence electrons. The fourth-order valence-electron chi connectivity index (χ4n) is 3.11. The summed E-state index contributed by atoms with van der Waals surface area (Å²) in [5.41, 5.74) is 4.77. The molecule has 1 aliphatic carbocycles. The average Bonchev–Trinajstić information content (AvgIpc) is 3.00. The minimum absolute atomic E-state index is 0.335. The highest BCUT2D eigenvalue weighted by Crippen LogP contribution is 2.36. The van der Waals surface area contributed by atoms with Gasteiger partial charge in [-0.25, -0.2) is 0 Å². The summed E-state index contributed by atoms with van der Waals surface area (Å²) in [5.74, 6) is 0.433. The van der Waals surface area contributed by atoms with E-state index in [0.29, 0.717) is 11.8 Å². The second-order valence-electron chi connectivity index (χ2n) is 5.45. The fourth-order valence-corrected chi connectivity index (χ4v) is 3.11. The van der Waals surface area contributed by atoms with Crippen molar-refractivity contribution in [1.29, 1.82) is 0 Å². The normalized spacial score (nSPS) is 17.4. The molecule has 0 fully saturated rings. The van der Waals surface area contributed by atoms with Crippen LogP contribution in [0, 0.1) is 0 Å². The van der Waals surface area contributed by atoms with Crippen LogP contribution < -0.4 is 5.32 Å². The van der Waals surface area contributed by atoms with Crippen LogP contribution in [0.15, 0.2) is 24.4 Å². The fraction of sp³-hybridized carbons (Fsp3) is 0.438. The lowest BCUT2D eigenvalue weighted by Crippen LogP contribution is -2.19. The molecule has 1 aliphatic rings. The SMILES string of the molecule is CCc1nn(C)cc1CNC1CCc2c(O)cccc21. The first kappa shape index (κ1) is 13.2. The van der Waals surface area contributed by atoms with Crippen molar-refractivity contribution in [2.24, 2.45) is 7.05 Å². The van der Waals surface area contributed by atoms with Crippen LogP contribution in [0.2, 0.25) is 0 Å². The van der Waals surface area contributed by atoms with E-state index in [4.69, 9.17) is 0 Å². The Morgan fingerprint density at radius 2 is 2.30 bits per heavy atom. The van der Waals surface area contributed by atoms with E-state index in [1.165, 1.54) is 11.1 Å². The predicted molar refractivity (Wildman–Crippen MR) is 78.6 cm³/mol. The standard InChI is InChI=1S/C16H21N3O/c1-3-14-11(10-19(2)18-14)9-17-15-8-7-13-12(15)5-4-6-16(13)20/h4-6,10,15,17,20H,3,7-9H2,1-2H3. The minimum atomic E-state index is 0.335. The van der Waals surface area contributed by atoms with E-state index in [1.807, 2.05) is 17.8 Å². The van der Waals surface area contributed by atoms with Crippen LogP contribution in [0.3, 0.4) is 0 Å². The molecule has 2 aromatic rings. The molecule has 1 aromatic carbocycles. The third-order valence-corrected chi connectivity index (χ3v) is 4.11. The quantitative estimate of drug-likeness (QED) is 0.898. The number of benzene rings is 1. The van der Waals surface area contributed by atoms with Gasteiger partial charge in [0.05, 0.1) is 5.69 Å². The summed E-state index contributed by atoms with van der Waals surface area (Å²) in [6, 6.07) is 6.15. The summed E-state index contributed by atoms with van der Waals surface area (Å²) in [6.07, 6.45) is 5.05. The van der Waals surface area contributed by atoms with E-state index in [1.54, 1.807) is 6.07 Å². The Balaban J connectivity index is 1.73. The molecule has 4 nitrogen and oxygen atoms in total. The average molecular weight is 271 g/mol. The Hall–Kier alpha value is -1.81. The van der Waals surface area contributed by atoms with Crippen molar-refractivity contribution >= 4 is 0 Å². The molecule has 1 unspecified atom stereocenters. The Kier molecular flexibility index (Phi) is 3.49. The number of aryl methyl sites for hydroxylation is 2. The maximum absolute atomic E-state index is 9.88. The van der Waals surface area contributed by atoms with E-state index in [-0.39, 0.29) is 0 Å². The first-order chi connectivity index (χ1) is 9.69. The van der Waals surface area contributed by atoms with Gasteiger partial charge < -0.3 is 10.4 Å². The Bertz CT molecular complexity index is 618. The zero-order valence-electron chi connectivity index (χ0n) is 12.1. The first-order valence-electron chi connectivity index (χ1n) is 7.24. The molecule has 0 bridgehead atoms. The lowest BCUT2D eigenvalue weighted by atomic mass is 10.1. The molecule has 1 aromatic heterocycles. The van der Waals surface area contributed by atoms with Gasteiger partial charge in [-0.15, -0.1) is 0 Å². The molecule has 1 atom stereocenters. The highest BCUT2D eigenvalue weighted by atomic mass is 16.3. The van der Waals surface area contributed by atoms with Gasteiger partial charge in [-0.3, -0.25) is 4.68 Å². The third kappa shape index (κ3) is 2.31. The minimum Gasteiger partial charge on any atom is -0.508 e. The lowest BCUT2D eigenvalue weighted by Gasteiger charge is -2.14. The second kappa shape index (κ2) is 5.29. The predicted octanol–water partition coefficient (Wildman–Crippen LogP) is 2.47. The largest absolute Gasteiger partial charge is 0.508 e. The highest BCUT2D eigenvalue weighted by molar-refractivity contribution is 5.44. The zero-order valence-corrected chi connectivity index (χ0v) is 12.1. The molecular weight excluding hydrogens is 250 g/mol. The van der Waals surface area contributed by atoms with Gasteiger partial charge in [-0.05, 0) is 36.5 Å². The van der Waals surface area contributed by atoms with Crippen LogP contribution in [0.5, 0.6) is 5.75 Å². The number of nitrogens with one attached hydrogen (secondary N) is 1. The molecule has 4 heteroatoms. The molecular formula is C16H21N3O. The van der Waals surface area contributed by atoms with Crippen LogP contribution in [0.1, 0.15) is 41.8 Å². The first-order valence-corrected chi connectivity index (χ1v) is 7.24. The Labute approximate surface area is 119 Å². The van der Waals surface area contributed by atoms with E-state index < -0.39 is 0 Å². The molecule has 20 heavy (non-hydrogen) atoms. The molecule has 0 amide bonds. The van der Waals surface area contributed by atoms with Crippen molar-refractivity contribution in [1.82, 2.24) is 15.1 Å². The zero-order chi connectivity index (χ0) is 14.1. The molecule has 2 N–H and O–H groups in total. The van der Waals surface area contributed by atoms with Crippen LogP contribution in [0.25, 0.3) is 0 Å². The van der Waals surface area contributed by atoms with Crippen LogP contribution in [0.4, 0.5) is 0 Å². The van der Waals surface area contributed by atoms with Crippen molar-refractivity contribution in [3.63, 3.8) is 0 Å². The van der Waals surface area contributed by atoms with E-state index >= 15 is 0 Å². The second-order valence-corrected chi connectivity index (χ2v) is 5.45. The van der Waals surface area contributed by atoms with Crippen molar-refractivity contribution in [3.05, 3.63) is 46.8 Å². The van der Waals surface area contributed by atoms with Crippen molar-refractivity contribution in [3.8, 4) is 5.75 Å². The summed E-state index contributed by atoms with van der Waals surface area (Å²) in [6.45, 7) is 2.96. The van der Waals surface area contributed by atoms with Gasteiger partial charge in [0.1, 0.15) is 5.75 Å². The highest BCUT2D eigenvalue weighted by Gasteiger charge is 2.24. The smallest absolute Gasteiger partial charge is 0.119 e. The topological polar surface area (TPSA) is 50.1 Å². The summed E-state index contributed by atoms with van der Waals surface area (Å²) in [7, 11) is 1.96. The van der Waals surface area contributed by atoms with Crippen LogP contribution in [-0.2, 0) is 26.4 Å².